The molecule has 124 valence electrons. The summed E-state index contributed by atoms with van der Waals surface area (Å²) in [6.45, 7) is 1.98. The highest BCUT2D eigenvalue weighted by Crippen LogP contribution is 2.21. The number of benzene rings is 2. The molecular formula is C20H17N3O2. The van der Waals surface area contributed by atoms with Gasteiger partial charge >= 0.3 is 5.97 Å². The molecule has 0 fully saturated rings. The van der Waals surface area contributed by atoms with E-state index in [1.165, 1.54) is 0 Å². The van der Waals surface area contributed by atoms with Crippen molar-refractivity contribution in [1.29, 1.82) is 0 Å². The maximum absolute atomic E-state index is 12.5. The van der Waals surface area contributed by atoms with Crippen LogP contribution in [0.5, 0.6) is 0 Å². The fourth-order valence-corrected chi connectivity index (χ4v) is 2.98. The van der Waals surface area contributed by atoms with Gasteiger partial charge < -0.3 is 9.30 Å². The summed E-state index contributed by atoms with van der Waals surface area (Å²) in [6, 6.07) is 15.4. The van der Waals surface area contributed by atoms with Crippen LogP contribution in [0.25, 0.3) is 21.9 Å². The normalized spacial score (nSPS) is 11.1. The van der Waals surface area contributed by atoms with Gasteiger partial charge in [0, 0.05) is 24.1 Å². The van der Waals surface area contributed by atoms with E-state index >= 15 is 0 Å². The van der Waals surface area contributed by atoms with Crippen molar-refractivity contribution in [3.05, 3.63) is 71.7 Å². The van der Waals surface area contributed by atoms with E-state index in [0.717, 1.165) is 27.6 Å². The maximum atomic E-state index is 12.5. The van der Waals surface area contributed by atoms with Gasteiger partial charge in [-0.15, -0.1) is 0 Å². The van der Waals surface area contributed by atoms with E-state index in [1.54, 1.807) is 6.20 Å². The molecule has 0 aliphatic heterocycles. The van der Waals surface area contributed by atoms with Crippen LogP contribution in [0, 0.1) is 6.92 Å². The largest absolute Gasteiger partial charge is 0.455 e. The fraction of sp³-hybridized carbons (Fsp3) is 0.150. The lowest BCUT2D eigenvalue weighted by atomic mass is 10.2. The van der Waals surface area contributed by atoms with Crippen molar-refractivity contribution >= 4 is 27.9 Å². The number of hydrogen-bond donors (Lipinski definition) is 0. The van der Waals surface area contributed by atoms with Gasteiger partial charge in [0.15, 0.2) is 0 Å². The van der Waals surface area contributed by atoms with Gasteiger partial charge in [-0.25, -0.2) is 14.8 Å². The number of hydrogen-bond acceptors (Lipinski definition) is 4. The van der Waals surface area contributed by atoms with Crippen LogP contribution >= 0.6 is 0 Å². The predicted octanol–water partition coefficient (Wildman–Crippen LogP) is 3.79. The Morgan fingerprint density at radius 2 is 1.72 bits per heavy atom. The summed E-state index contributed by atoms with van der Waals surface area (Å²) < 4.78 is 7.43. The minimum Gasteiger partial charge on any atom is -0.455 e. The quantitative estimate of drug-likeness (QED) is 0.536. The molecule has 2 heterocycles. The van der Waals surface area contributed by atoms with Crippen LogP contribution in [0.2, 0.25) is 0 Å². The molecule has 0 unspecified atom stereocenters. The maximum Gasteiger partial charge on any atom is 0.340 e. The minimum atomic E-state index is -0.355. The summed E-state index contributed by atoms with van der Waals surface area (Å²) in [4.78, 5) is 21.6. The molecule has 0 saturated heterocycles. The van der Waals surface area contributed by atoms with Gasteiger partial charge in [0.05, 0.1) is 28.0 Å². The topological polar surface area (TPSA) is 57.0 Å². The molecule has 0 radical (unpaired) electrons. The van der Waals surface area contributed by atoms with Crippen LogP contribution in [0.15, 0.2) is 54.7 Å². The van der Waals surface area contributed by atoms with Crippen LogP contribution in [0.3, 0.4) is 0 Å². The molecule has 0 spiro atoms. The van der Waals surface area contributed by atoms with Crippen molar-refractivity contribution in [2.75, 3.05) is 0 Å². The molecule has 4 aromatic rings. The molecule has 2 aromatic heterocycles. The monoisotopic (exact) mass is 331 g/mol. The number of aryl methyl sites for hydroxylation is 2. The highest BCUT2D eigenvalue weighted by atomic mass is 16.5. The van der Waals surface area contributed by atoms with Crippen molar-refractivity contribution in [3.63, 3.8) is 0 Å². The Bertz CT molecular complexity index is 1100. The molecule has 0 amide bonds. The molecule has 5 heteroatoms. The highest BCUT2D eigenvalue weighted by molar-refractivity contribution is 6.04. The van der Waals surface area contributed by atoms with Crippen LogP contribution in [-0.2, 0) is 18.4 Å². The van der Waals surface area contributed by atoms with Crippen LogP contribution < -0.4 is 0 Å². The summed E-state index contributed by atoms with van der Waals surface area (Å²) in [5, 5.41) is 0.885. The average Bonchev–Trinajstić information content (AvgIpc) is 2.97. The number of carbonyl (C=O) groups is 1. The second kappa shape index (κ2) is 6.02. The number of esters is 1. The molecule has 0 bridgehead atoms. The summed E-state index contributed by atoms with van der Waals surface area (Å²) in [6.07, 6.45) is 1.80. The summed E-state index contributed by atoms with van der Waals surface area (Å²) >= 11 is 0. The molecule has 2 aromatic carbocycles. The van der Waals surface area contributed by atoms with Crippen molar-refractivity contribution in [2.45, 2.75) is 13.5 Å². The van der Waals surface area contributed by atoms with Crippen molar-refractivity contribution in [3.8, 4) is 0 Å². The van der Waals surface area contributed by atoms with Gasteiger partial charge in [-0.3, -0.25) is 0 Å². The zero-order chi connectivity index (χ0) is 17.4. The van der Waals surface area contributed by atoms with E-state index in [1.807, 2.05) is 67.1 Å². The second-order valence-electron chi connectivity index (χ2n) is 5.99. The summed E-state index contributed by atoms with van der Waals surface area (Å²) in [7, 11) is 1.91. The van der Waals surface area contributed by atoms with Crippen molar-refractivity contribution in [2.24, 2.45) is 7.05 Å². The first kappa shape index (κ1) is 15.3. The second-order valence-corrected chi connectivity index (χ2v) is 5.99. The van der Waals surface area contributed by atoms with Gasteiger partial charge in [0.2, 0.25) is 0 Å². The molecule has 0 atom stereocenters. The van der Waals surface area contributed by atoms with Gasteiger partial charge in [-0.1, -0.05) is 30.3 Å². The third kappa shape index (κ3) is 2.74. The highest BCUT2D eigenvalue weighted by Gasteiger charge is 2.16. The zero-order valence-electron chi connectivity index (χ0n) is 14.1. The first-order valence-corrected chi connectivity index (χ1v) is 8.07. The number of ether oxygens (including phenoxy) is 1. The Balaban J connectivity index is 1.60. The first-order chi connectivity index (χ1) is 12.1. The number of carbonyl (C=O) groups excluding carboxylic acids is 1. The van der Waals surface area contributed by atoms with E-state index in [4.69, 9.17) is 4.74 Å². The number of para-hydroxylation sites is 3. The van der Waals surface area contributed by atoms with Crippen LogP contribution in [0.1, 0.15) is 21.7 Å². The molecule has 4 rings (SSSR count). The smallest absolute Gasteiger partial charge is 0.340 e. The third-order valence-corrected chi connectivity index (χ3v) is 4.30. The Morgan fingerprint density at radius 1 is 1.04 bits per heavy atom. The number of rotatable bonds is 3. The lowest BCUT2D eigenvalue weighted by Gasteiger charge is -2.07. The predicted molar refractivity (Wildman–Crippen MR) is 96.3 cm³/mol. The average molecular weight is 331 g/mol. The van der Waals surface area contributed by atoms with E-state index in [0.29, 0.717) is 11.3 Å². The van der Waals surface area contributed by atoms with Crippen molar-refractivity contribution in [1.82, 2.24) is 14.5 Å². The van der Waals surface area contributed by atoms with Gasteiger partial charge in [-0.2, -0.15) is 0 Å². The molecule has 5 nitrogen and oxygen atoms in total. The first-order valence-electron chi connectivity index (χ1n) is 8.07. The zero-order valence-corrected chi connectivity index (χ0v) is 14.1. The van der Waals surface area contributed by atoms with Gasteiger partial charge in [0.25, 0.3) is 0 Å². The van der Waals surface area contributed by atoms with E-state index < -0.39 is 0 Å². The Kier molecular flexibility index (Phi) is 3.69. The molecule has 0 aliphatic rings. The molecule has 0 aliphatic carbocycles. The number of fused-ring (bicyclic) bond motifs is 2. The molecular weight excluding hydrogens is 314 g/mol. The van der Waals surface area contributed by atoms with Crippen molar-refractivity contribution < 1.29 is 9.53 Å². The number of nitrogens with zero attached hydrogens (tertiary/aromatic N) is 3. The van der Waals surface area contributed by atoms with Crippen LogP contribution in [-0.4, -0.2) is 20.5 Å². The lowest BCUT2D eigenvalue weighted by molar-refractivity contribution is 0.0469. The SMILES string of the molecule is Cc1nc2ccccc2nc1COC(=O)c1cn(C)c2ccccc12. The Hall–Kier alpha value is -3.21. The van der Waals surface area contributed by atoms with Gasteiger partial charge in [0.1, 0.15) is 6.61 Å². The number of aromatic nitrogens is 3. The van der Waals surface area contributed by atoms with Crippen LogP contribution in [0.4, 0.5) is 0 Å². The van der Waals surface area contributed by atoms with E-state index in [9.17, 15) is 4.79 Å². The lowest BCUT2D eigenvalue weighted by Crippen LogP contribution is -2.08. The molecule has 0 saturated carbocycles. The van der Waals surface area contributed by atoms with Gasteiger partial charge in [-0.05, 0) is 25.1 Å². The molecule has 0 N–H and O–H groups in total. The summed E-state index contributed by atoms with van der Waals surface area (Å²) in [5.74, 6) is -0.355. The Morgan fingerprint density at radius 3 is 2.52 bits per heavy atom. The third-order valence-electron chi connectivity index (χ3n) is 4.30. The standard InChI is InChI=1S/C20H17N3O2/c1-13-18(22-17-9-5-4-8-16(17)21-13)12-25-20(24)15-11-23(2)19-10-6-3-7-14(15)19/h3-11H,12H2,1-2H3. The minimum absolute atomic E-state index is 0.103. The van der Waals surface area contributed by atoms with E-state index in [2.05, 4.69) is 9.97 Å². The summed E-state index contributed by atoms with van der Waals surface area (Å²) in [5.41, 5.74) is 4.63. The molecule has 25 heavy (non-hydrogen) atoms. The van der Waals surface area contributed by atoms with E-state index in [-0.39, 0.29) is 12.6 Å². The Labute approximate surface area is 144 Å². The fourth-order valence-electron chi connectivity index (χ4n) is 2.98.